The maximum atomic E-state index is 12.4. The van der Waals surface area contributed by atoms with Gasteiger partial charge in [-0.05, 0) is 12.5 Å². The summed E-state index contributed by atoms with van der Waals surface area (Å²) in [5.41, 5.74) is 4.60. The molecule has 0 aliphatic heterocycles. The van der Waals surface area contributed by atoms with Gasteiger partial charge in [-0.15, -0.1) is 0 Å². The molecule has 0 radical (unpaired) electrons. The van der Waals surface area contributed by atoms with Crippen LogP contribution in [0.3, 0.4) is 0 Å². The first-order valence-corrected chi connectivity index (χ1v) is 5.45. The molecule has 1 aromatic rings. The maximum absolute atomic E-state index is 12.4. The summed E-state index contributed by atoms with van der Waals surface area (Å²) in [5.74, 6) is 0.219. The van der Waals surface area contributed by atoms with Crippen LogP contribution in [-0.2, 0) is 6.18 Å². The fourth-order valence-electron chi connectivity index (χ4n) is 1.22. The van der Waals surface area contributed by atoms with Crippen molar-refractivity contribution in [3.63, 3.8) is 0 Å². The lowest BCUT2D eigenvalue weighted by Crippen LogP contribution is -2.28. The summed E-state index contributed by atoms with van der Waals surface area (Å²) in [6.07, 6.45) is -2.96. The van der Waals surface area contributed by atoms with Gasteiger partial charge in [0.05, 0.1) is 10.6 Å². The summed E-state index contributed by atoms with van der Waals surface area (Å²) < 4.78 is 37.1. The number of nitrogens with two attached hydrogens (primary N) is 1. The predicted octanol–water partition coefficient (Wildman–Crippen LogP) is 2.90. The number of hydrogen-bond acceptors (Lipinski definition) is 3. The lowest BCUT2D eigenvalue weighted by Gasteiger charge is -2.17. The van der Waals surface area contributed by atoms with Crippen LogP contribution in [0.25, 0.3) is 0 Å². The number of nitrogens with one attached hydrogen (secondary N) is 1. The van der Waals surface area contributed by atoms with E-state index >= 15 is 0 Å². The quantitative estimate of drug-likeness (QED) is 0.882. The molecule has 1 aromatic heterocycles. The zero-order chi connectivity index (χ0) is 13.1. The summed E-state index contributed by atoms with van der Waals surface area (Å²) in [6, 6.07) is 0.789. The number of nitrogens with zero attached hydrogens (tertiary/aromatic N) is 1. The minimum Gasteiger partial charge on any atom is -0.365 e. The van der Waals surface area contributed by atoms with E-state index in [4.69, 9.17) is 17.3 Å². The van der Waals surface area contributed by atoms with Crippen molar-refractivity contribution < 1.29 is 13.2 Å². The van der Waals surface area contributed by atoms with E-state index < -0.39 is 11.7 Å². The van der Waals surface area contributed by atoms with Gasteiger partial charge >= 0.3 is 6.18 Å². The molecule has 1 unspecified atom stereocenters. The molecule has 0 amide bonds. The molecule has 1 atom stereocenters. The van der Waals surface area contributed by atoms with Gasteiger partial charge in [0.2, 0.25) is 0 Å². The van der Waals surface area contributed by atoms with Gasteiger partial charge < -0.3 is 11.1 Å². The second-order valence-electron chi connectivity index (χ2n) is 3.54. The van der Waals surface area contributed by atoms with Crippen molar-refractivity contribution in [1.82, 2.24) is 4.98 Å². The summed E-state index contributed by atoms with van der Waals surface area (Å²) >= 11 is 5.73. The second kappa shape index (κ2) is 5.55. The highest BCUT2D eigenvalue weighted by Crippen LogP contribution is 2.32. The maximum Gasteiger partial charge on any atom is 0.417 e. The smallest absolute Gasteiger partial charge is 0.365 e. The van der Waals surface area contributed by atoms with E-state index in [2.05, 4.69) is 10.3 Å². The lowest BCUT2D eigenvalue weighted by atomic mass is 10.2. The van der Waals surface area contributed by atoms with Gasteiger partial charge in [-0.3, -0.25) is 0 Å². The summed E-state index contributed by atoms with van der Waals surface area (Å²) in [6.45, 7) is 2.26. The Balaban J connectivity index is 2.90. The van der Waals surface area contributed by atoms with Crippen LogP contribution in [0.1, 0.15) is 18.9 Å². The number of rotatable bonds is 4. The Hall–Kier alpha value is -1.01. The first kappa shape index (κ1) is 14.1. The SMILES string of the molecule is CCC(CN)Nc1ncc(C(F)(F)F)cc1Cl. The van der Waals surface area contributed by atoms with E-state index in [-0.39, 0.29) is 16.9 Å². The summed E-state index contributed by atoms with van der Waals surface area (Å²) in [5, 5.41) is 2.83. The Labute approximate surface area is 102 Å². The van der Waals surface area contributed by atoms with E-state index in [9.17, 15) is 13.2 Å². The summed E-state index contributed by atoms with van der Waals surface area (Å²) in [4.78, 5) is 3.66. The molecule has 0 saturated heterocycles. The van der Waals surface area contributed by atoms with E-state index in [1.54, 1.807) is 0 Å². The lowest BCUT2D eigenvalue weighted by molar-refractivity contribution is -0.137. The molecule has 0 saturated carbocycles. The standard InChI is InChI=1S/C10H13ClF3N3/c1-2-7(4-15)17-9-8(11)3-6(5-16-9)10(12,13)14/h3,5,7H,2,4,15H2,1H3,(H,16,17). The third-order valence-corrected chi connectivity index (χ3v) is 2.57. The fraction of sp³-hybridized carbons (Fsp3) is 0.500. The number of aromatic nitrogens is 1. The molecular weight excluding hydrogens is 255 g/mol. The van der Waals surface area contributed by atoms with Crippen molar-refractivity contribution in [3.8, 4) is 0 Å². The number of pyridine rings is 1. The molecule has 3 N–H and O–H groups in total. The first-order chi connectivity index (χ1) is 7.88. The number of halogens is 4. The van der Waals surface area contributed by atoms with Crippen LogP contribution in [-0.4, -0.2) is 17.6 Å². The van der Waals surface area contributed by atoms with Crippen LogP contribution >= 0.6 is 11.6 Å². The van der Waals surface area contributed by atoms with Gasteiger partial charge in [0, 0.05) is 18.8 Å². The van der Waals surface area contributed by atoms with Gasteiger partial charge in [0.25, 0.3) is 0 Å². The van der Waals surface area contributed by atoms with E-state index in [0.29, 0.717) is 6.54 Å². The Kier molecular flexibility index (Phi) is 4.59. The second-order valence-corrected chi connectivity index (χ2v) is 3.94. The zero-order valence-electron chi connectivity index (χ0n) is 9.18. The van der Waals surface area contributed by atoms with E-state index in [1.807, 2.05) is 6.92 Å². The van der Waals surface area contributed by atoms with Crippen LogP contribution in [0.2, 0.25) is 5.02 Å². The third-order valence-electron chi connectivity index (χ3n) is 2.29. The molecule has 96 valence electrons. The Morgan fingerprint density at radius 3 is 2.59 bits per heavy atom. The van der Waals surface area contributed by atoms with Gasteiger partial charge in [0.15, 0.2) is 0 Å². The molecule has 0 aliphatic carbocycles. The van der Waals surface area contributed by atoms with Crippen molar-refractivity contribution in [1.29, 1.82) is 0 Å². The monoisotopic (exact) mass is 267 g/mol. The van der Waals surface area contributed by atoms with Gasteiger partial charge in [0.1, 0.15) is 5.82 Å². The molecular formula is C10H13ClF3N3. The normalized spacial score (nSPS) is 13.5. The Morgan fingerprint density at radius 2 is 2.18 bits per heavy atom. The molecule has 1 heterocycles. The zero-order valence-corrected chi connectivity index (χ0v) is 9.94. The molecule has 0 spiro atoms. The van der Waals surface area contributed by atoms with E-state index in [0.717, 1.165) is 18.7 Å². The minimum absolute atomic E-state index is 0.0586. The van der Waals surface area contributed by atoms with Crippen molar-refractivity contribution in [2.75, 3.05) is 11.9 Å². The number of anilines is 1. The topological polar surface area (TPSA) is 50.9 Å². The molecule has 0 aliphatic rings. The Bertz CT molecular complexity index is 378. The highest BCUT2D eigenvalue weighted by molar-refractivity contribution is 6.33. The summed E-state index contributed by atoms with van der Waals surface area (Å²) in [7, 11) is 0. The van der Waals surface area contributed by atoms with Gasteiger partial charge in [-0.25, -0.2) is 4.98 Å². The molecule has 0 bridgehead atoms. The van der Waals surface area contributed by atoms with Crippen molar-refractivity contribution in [3.05, 3.63) is 22.8 Å². The van der Waals surface area contributed by atoms with Gasteiger partial charge in [-0.2, -0.15) is 13.2 Å². The first-order valence-electron chi connectivity index (χ1n) is 5.07. The van der Waals surface area contributed by atoms with Crippen LogP contribution in [0, 0.1) is 0 Å². The highest BCUT2D eigenvalue weighted by Gasteiger charge is 2.31. The minimum atomic E-state index is -4.44. The molecule has 17 heavy (non-hydrogen) atoms. The molecule has 7 heteroatoms. The average molecular weight is 268 g/mol. The van der Waals surface area contributed by atoms with Crippen LogP contribution in [0.15, 0.2) is 12.3 Å². The fourth-order valence-corrected chi connectivity index (χ4v) is 1.44. The Morgan fingerprint density at radius 1 is 1.53 bits per heavy atom. The predicted molar refractivity (Wildman–Crippen MR) is 61.0 cm³/mol. The van der Waals surface area contributed by atoms with Crippen molar-refractivity contribution in [2.24, 2.45) is 5.73 Å². The molecule has 1 rings (SSSR count). The van der Waals surface area contributed by atoms with Crippen LogP contribution < -0.4 is 11.1 Å². The van der Waals surface area contributed by atoms with Gasteiger partial charge in [-0.1, -0.05) is 18.5 Å². The molecule has 0 fully saturated rings. The van der Waals surface area contributed by atoms with Crippen LogP contribution in [0.4, 0.5) is 19.0 Å². The number of alkyl halides is 3. The average Bonchev–Trinajstić information content (AvgIpc) is 2.26. The van der Waals surface area contributed by atoms with E-state index in [1.165, 1.54) is 0 Å². The van der Waals surface area contributed by atoms with Crippen molar-refractivity contribution >= 4 is 17.4 Å². The molecule has 0 aromatic carbocycles. The largest absolute Gasteiger partial charge is 0.417 e. The molecule has 3 nitrogen and oxygen atoms in total. The van der Waals surface area contributed by atoms with Crippen LogP contribution in [0.5, 0.6) is 0 Å². The number of hydrogen-bond donors (Lipinski definition) is 2. The van der Waals surface area contributed by atoms with Crippen molar-refractivity contribution in [2.45, 2.75) is 25.6 Å². The highest BCUT2D eigenvalue weighted by atomic mass is 35.5. The third kappa shape index (κ3) is 3.74.